The maximum atomic E-state index is 15.3. The topological polar surface area (TPSA) is 208 Å². The molecule has 5 aliphatic heterocycles. The minimum absolute atomic E-state index is 0.107. The van der Waals surface area contributed by atoms with Gasteiger partial charge in [-0.25, -0.2) is 18.9 Å². The van der Waals surface area contributed by atoms with Gasteiger partial charge in [-0.1, -0.05) is 6.92 Å². The van der Waals surface area contributed by atoms with E-state index in [1.165, 1.54) is 6.07 Å². The summed E-state index contributed by atoms with van der Waals surface area (Å²) in [4.78, 5) is 66.9. The molecule has 19 heteroatoms. The zero-order valence-electron chi connectivity index (χ0n) is 39.6. The molecule has 1 aromatic carbocycles. The fourth-order valence-electron chi connectivity index (χ4n) is 10.9. The number of benzene rings is 1. The van der Waals surface area contributed by atoms with Crippen LogP contribution in [0.5, 0.6) is 0 Å². The first-order valence-corrected chi connectivity index (χ1v) is 24.9. The molecule has 1 atom stereocenters. The van der Waals surface area contributed by atoms with Gasteiger partial charge in [0.05, 0.1) is 47.1 Å². The lowest BCUT2D eigenvalue weighted by Crippen LogP contribution is -2.52. The molecule has 0 aliphatic carbocycles. The number of hydrogen-bond donors (Lipinski definition) is 3. The molecule has 0 spiro atoms. The largest absolute Gasteiger partial charge is 0.381 e. The highest BCUT2D eigenvalue weighted by Gasteiger charge is 2.41. The molecule has 366 valence electrons. The third-order valence-electron chi connectivity index (χ3n) is 15.4. The molecule has 18 nitrogen and oxygen atoms in total. The number of nitrogens with zero attached hydrogens (tertiary/aromatic N) is 10. The van der Waals surface area contributed by atoms with E-state index in [-0.39, 0.29) is 48.0 Å². The quantitative estimate of drug-likeness (QED) is 0.130. The highest BCUT2D eigenvalue weighted by Crippen LogP contribution is 2.38. The van der Waals surface area contributed by atoms with Gasteiger partial charge in [-0.05, 0) is 100 Å². The minimum Gasteiger partial charge on any atom is -0.381 e. The summed E-state index contributed by atoms with van der Waals surface area (Å²) >= 11 is 0. The fourth-order valence-corrected chi connectivity index (χ4v) is 10.9. The van der Waals surface area contributed by atoms with Crippen LogP contribution in [0.15, 0.2) is 61.3 Å². The lowest BCUT2D eigenvalue weighted by molar-refractivity contribution is -0.135. The van der Waals surface area contributed by atoms with Crippen LogP contribution in [0, 0.1) is 28.5 Å². The van der Waals surface area contributed by atoms with E-state index in [4.69, 9.17) is 19.8 Å². The predicted molar refractivity (Wildman–Crippen MR) is 259 cm³/mol. The minimum atomic E-state index is -0.584. The monoisotopic (exact) mass is 953 g/mol. The third kappa shape index (κ3) is 9.78. The molecule has 0 saturated carbocycles. The molecule has 5 fully saturated rings. The van der Waals surface area contributed by atoms with E-state index in [0.717, 1.165) is 87.8 Å². The van der Waals surface area contributed by atoms with Gasteiger partial charge in [0.2, 0.25) is 23.6 Å². The first-order chi connectivity index (χ1) is 34.1. The van der Waals surface area contributed by atoms with Crippen LogP contribution in [0.3, 0.4) is 0 Å². The Hall–Kier alpha value is -6.94. The summed E-state index contributed by atoms with van der Waals surface area (Å²) in [5, 5.41) is 28.0. The van der Waals surface area contributed by atoms with Crippen LogP contribution in [0.2, 0.25) is 0 Å². The number of piperidine rings is 4. The highest BCUT2D eigenvalue weighted by atomic mass is 19.1. The Morgan fingerprint density at radius 3 is 2.39 bits per heavy atom. The van der Waals surface area contributed by atoms with Crippen LogP contribution in [0.25, 0.3) is 28.0 Å². The van der Waals surface area contributed by atoms with Crippen LogP contribution in [0.1, 0.15) is 95.6 Å². The Labute approximate surface area is 405 Å². The number of anilines is 3. The molecule has 9 heterocycles. The molecule has 70 heavy (non-hydrogen) atoms. The van der Waals surface area contributed by atoms with E-state index in [0.29, 0.717) is 86.1 Å². The van der Waals surface area contributed by atoms with Crippen LogP contribution < -0.4 is 25.8 Å². The van der Waals surface area contributed by atoms with Gasteiger partial charge in [0.25, 0.3) is 0 Å². The second-order valence-corrected chi connectivity index (χ2v) is 19.6. The Morgan fingerprint density at radius 2 is 1.69 bits per heavy atom. The van der Waals surface area contributed by atoms with Crippen molar-refractivity contribution in [2.75, 3.05) is 67.6 Å². The molecule has 0 bridgehead atoms. The number of aromatic nitrogens is 6. The van der Waals surface area contributed by atoms with E-state index >= 15 is 4.39 Å². The lowest BCUT2D eigenvalue weighted by Gasteiger charge is -2.41. The first kappa shape index (κ1) is 46.8. The van der Waals surface area contributed by atoms with Gasteiger partial charge < -0.3 is 30.1 Å². The van der Waals surface area contributed by atoms with Gasteiger partial charge in [-0.2, -0.15) is 15.5 Å². The number of nitrogens with one attached hydrogen (secondary N) is 3. The number of fused-ring (bicyclic) bond motifs is 1. The molecular formula is C51H60FN13O5. The van der Waals surface area contributed by atoms with Crippen LogP contribution >= 0.6 is 0 Å². The summed E-state index contributed by atoms with van der Waals surface area (Å²) in [6, 6.07) is 10.8. The van der Waals surface area contributed by atoms with Crippen molar-refractivity contribution in [3.63, 3.8) is 0 Å². The number of ether oxygens (including phenoxy) is 1. The molecule has 5 aliphatic rings. The summed E-state index contributed by atoms with van der Waals surface area (Å²) < 4.78 is 24.4. The SMILES string of the molecule is CCC1(C(=O)NC2CCOCC2)CCN(c2ccc(-c3nc(-c4cnn(C5CCN(C(=O)CC6CCN(c7ccc(NC8CCC(=O)NC8=O)cc7F)CC6)CC5)c4)cn4ncc(C#N)c34)cn2)CC1. The van der Waals surface area contributed by atoms with Gasteiger partial charge in [0.1, 0.15) is 34.8 Å². The number of imide groups is 1. The van der Waals surface area contributed by atoms with Crippen molar-refractivity contribution >= 4 is 46.3 Å². The maximum absolute atomic E-state index is 15.3. The molecule has 5 saturated heterocycles. The second kappa shape index (κ2) is 20.2. The van der Waals surface area contributed by atoms with E-state index in [2.05, 4.69) is 38.9 Å². The number of rotatable bonds is 12. The number of hydrogen-bond acceptors (Lipinski definition) is 13. The molecule has 4 aromatic heterocycles. The normalized spacial score (nSPS) is 20.6. The number of halogens is 1. The Morgan fingerprint density at radius 1 is 0.900 bits per heavy atom. The zero-order chi connectivity index (χ0) is 48.4. The van der Waals surface area contributed by atoms with E-state index in [1.54, 1.807) is 35.2 Å². The van der Waals surface area contributed by atoms with Gasteiger partial charge in [0, 0.05) is 101 Å². The Balaban J connectivity index is 0.729. The van der Waals surface area contributed by atoms with Crippen LogP contribution in [-0.4, -0.2) is 122 Å². The molecule has 4 amide bonds. The van der Waals surface area contributed by atoms with Crippen molar-refractivity contribution in [2.45, 2.75) is 102 Å². The average Bonchev–Trinajstić information content (AvgIpc) is 4.06. The third-order valence-corrected chi connectivity index (χ3v) is 15.4. The van der Waals surface area contributed by atoms with Gasteiger partial charge in [-0.3, -0.25) is 29.2 Å². The molecule has 0 radical (unpaired) electrons. The summed E-state index contributed by atoms with van der Waals surface area (Å²) in [6.45, 7) is 7.48. The smallest absolute Gasteiger partial charge is 0.249 e. The number of carbonyl (C=O) groups is 4. The Bertz CT molecular complexity index is 2770. The van der Waals surface area contributed by atoms with E-state index < -0.39 is 17.4 Å². The maximum Gasteiger partial charge on any atom is 0.249 e. The predicted octanol–water partition coefficient (Wildman–Crippen LogP) is 5.64. The molecule has 1 unspecified atom stereocenters. The van der Waals surface area contributed by atoms with Crippen molar-refractivity contribution < 1.29 is 28.3 Å². The van der Waals surface area contributed by atoms with Crippen LogP contribution in [-0.2, 0) is 23.9 Å². The van der Waals surface area contributed by atoms with Gasteiger partial charge in [0.15, 0.2) is 0 Å². The molecule has 3 N–H and O–H groups in total. The summed E-state index contributed by atoms with van der Waals surface area (Å²) in [6.07, 6.45) is 17.1. The Kier molecular flexibility index (Phi) is 13.5. The van der Waals surface area contributed by atoms with Crippen molar-refractivity contribution in [1.82, 2.24) is 44.9 Å². The summed E-state index contributed by atoms with van der Waals surface area (Å²) in [7, 11) is 0. The molecule has 5 aromatic rings. The number of likely N-dealkylation sites (tertiary alicyclic amines) is 1. The number of amides is 4. The van der Waals surface area contributed by atoms with Gasteiger partial charge in [-0.15, -0.1) is 0 Å². The van der Waals surface area contributed by atoms with E-state index in [9.17, 15) is 24.4 Å². The first-order valence-electron chi connectivity index (χ1n) is 24.9. The van der Waals surface area contributed by atoms with Crippen molar-refractivity contribution in [2.24, 2.45) is 11.3 Å². The number of nitriles is 1. The van der Waals surface area contributed by atoms with Crippen molar-refractivity contribution in [1.29, 1.82) is 5.26 Å². The lowest BCUT2D eigenvalue weighted by atomic mass is 9.75. The highest BCUT2D eigenvalue weighted by molar-refractivity contribution is 6.01. The number of carbonyl (C=O) groups excluding carboxylic acids is 4. The second-order valence-electron chi connectivity index (χ2n) is 19.6. The molecule has 10 rings (SSSR count). The standard InChI is InChI=1S/C51H60FN13O5/c1-2-51(50(69)58-37-13-23-70-24-14-37)15-21-62(22-16-51)44-7-3-34(28-54-44)47-48-35(27-53)29-56-65(48)32-42(59-47)36-30-55-64(31-36)39-11-19-63(20-12-39)46(67)25-33-9-17-61(18-10-33)43-6-4-38(26-40(43)52)57-41-5-8-45(66)60-49(41)68/h3-4,6-7,26,28-33,37,39,41,57H,2,5,8-25H2,1H3,(H,58,69)(H,60,66,68). The zero-order valence-corrected chi connectivity index (χ0v) is 39.6. The van der Waals surface area contributed by atoms with Crippen molar-refractivity contribution in [3.8, 4) is 28.6 Å². The van der Waals surface area contributed by atoms with Crippen LogP contribution in [0.4, 0.5) is 21.6 Å². The number of pyridine rings is 1. The summed E-state index contributed by atoms with van der Waals surface area (Å²) in [5.74, 6) is 0.273. The average molecular weight is 954 g/mol. The van der Waals surface area contributed by atoms with Crippen molar-refractivity contribution in [3.05, 3.63) is 72.7 Å². The summed E-state index contributed by atoms with van der Waals surface area (Å²) in [5.41, 5.74) is 4.40. The van der Waals surface area contributed by atoms with Gasteiger partial charge >= 0.3 is 0 Å². The van der Waals surface area contributed by atoms with E-state index in [1.807, 2.05) is 39.0 Å². The fraction of sp³-hybridized carbons (Fsp3) is 0.510. The molecular weight excluding hydrogens is 894 g/mol.